The van der Waals surface area contributed by atoms with E-state index in [-0.39, 0.29) is 5.41 Å². The zero-order chi connectivity index (χ0) is 24.6. The second kappa shape index (κ2) is 8.91. The van der Waals surface area contributed by atoms with Gasteiger partial charge >= 0.3 is 0 Å². The Morgan fingerprint density at radius 3 is 1.43 bits per heavy atom. The van der Waals surface area contributed by atoms with Crippen LogP contribution in [-0.4, -0.2) is 19.6 Å². The summed E-state index contributed by atoms with van der Waals surface area (Å²) in [4.78, 5) is 2.13. The van der Waals surface area contributed by atoms with Crippen molar-refractivity contribution in [3.8, 4) is 11.4 Å². The third-order valence-corrected chi connectivity index (χ3v) is 6.20. The van der Waals surface area contributed by atoms with Crippen molar-refractivity contribution in [2.24, 2.45) is 0 Å². The molecular formula is C30H31N5. The molecule has 5 heteroatoms. The molecule has 0 atom stereocenters. The maximum atomic E-state index is 5.01. The van der Waals surface area contributed by atoms with E-state index in [9.17, 15) is 0 Å². The lowest BCUT2D eigenvalue weighted by Crippen LogP contribution is -2.14. The molecule has 5 rings (SSSR count). The van der Waals surface area contributed by atoms with Crippen molar-refractivity contribution in [3.63, 3.8) is 0 Å². The third-order valence-electron chi connectivity index (χ3n) is 6.20. The molecule has 176 valence electrons. The summed E-state index contributed by atoms with van der Waals surface area (Å²) in [6.07, 6.45) is 0. The van der Waals surface area contributed by atoms with Gasteiger partial charge in [-0.25, -0.2) is 9.36 Å². The van der Waals surface area contributed by atoms with E-state index in [1.807, 2.05) is 45.8 Å². The van der Waals surface area contributed by atoms with Crippen LogP contribution < -0.4 is 4.90 Å². The first-order valence-electron chi connectivity index (χ1n) is 12.0. The molecule has 0 bridgehead atoms. The first-order valence-corrected chi connectivity index (χ1v) is 12.0. The number of aryl methyl sites for hydroxylation is 2. The van der Waals surface area contributed by atoms with Crippen molar-refractivity contribution in [2.75, 3.05) is 4.90 Å². The minimum atomic E-state index is 0.0836. The predicted molar refractivity (Wildman–Crippen MR) is 144 cm³/mol. The molecule has 3 aromatic carbocycles. The molecule has 5 nitrogen and oxygen atoms in total. The van der Waals surface area contributed by atoms with Crippen LogP contribution in [0.2, 0.25) is 0 Å². The number of hydrogen-bond acceptors (Lipinski definition) is 3. The van der Waals surface area contributed by atoms with E-state index in [0.29, 0.717) is 0 Å². The number of aromatic nitrogens is 4. The van der Waals surface area contributed by atoms with Gasteiger partial charge in [0, 0.05) is 29.2 Å². The van der Waals surface area contributed by atoms with E-state index < -0.39 is 0 Å². The highest BCUT2D eigenvalue weighted by Gasteiger charge is 2.22. The number of rotatable bonds is 5. The molecule has 0 fully saturated rings. The van der Waals surface area contributed by atoms with Crippen LogP contribution in [0.15, 0.2) is 97.1 Å². The Hall–Kier alpha value is -4.12. The minimum absolute atomic E-state index is 0.0836. The van der Waals surface area contributed by atoms with Gasteiger partial charge in [-0.15, -0.1) is 10.2 Å². The fraction of sp³-hybridized carbons (Fsp3) is 0.200. The number of hydrogen-bond donors (Lipinski definition) is 0. The Morgan fingerprint density at radius 1 is 0.600 bits per heavy atom. The average molecular weight is 462 g/mol. The highest BCUT2D eigenvalue weighted by Crippen LogP contribution is 2.36. The maximum Gasteiger partial charge on any atom is 0.161 e. The van der Waals surface area contributed by atoms with Gasteiger partial charge in [-0.2, -0.15) is 0 Å². The van der Waals surface area contributed by atoms with Gasteiger partial charge in [0.25, 0.3) is 0 Å². The topological polar surface area (TPSA) is 38.9 Å². The second-order valence-corrected chi connectivity index (χ2v) is 9.91. The minimum Gasteiger partial charge on any atom is -0.276 e. The highest BCUT2D eigenvalue weighted by molar-refractivity contribution is 5.73. The van der Waals surface area contributed by atoms with Crippen molar-refractivity contribution in [1.82, 2.24) is 19.6 Å². The van der Waals surface area contributed by atoms with E-state index in [0.717, 1.165) is 40.1 Å². The van der Waals surface area contributed by atoms with Crippen LogP contribution in [0.1, 0.15) is 37.7 Å². The molecule has 5 aromatic rings. The quantitative estimate of drug-likeness (QED) is 0.273. The van der Waals surface area contributed by atoms with Crippen LogP contribution in [0.4, 0.5) is 17.3 Å². The largest absolute Gasteiger partial charge is 0.276 e. The number of anilines is 3. The van der Waals surface area contributed by atoms with Gasteiger partial charge in [-0.1, -0.05) is 69.3 Å². The molecular weight excluding hydrogens is 430 g/mol. The number of benzene rings is 3. The molecule has 2 heterocycles. The van der Waals surface area contributed by atoms with Crippen molar-refractivity contribution < 1.29 is 0 Å². The first-order chi connectivity index (χ1) is 16.8. The standard InChI is InChI=1S/C30H31N5/c1-22-20-28(31-34(22)26-12-8-6-9-13-26)33(25-18-16-24(17-19-25)30(3,4)5)29-21-23(2)35(32-29)27-14-10-7-11-15-27/h6-21H,1-5H3. The molecule has 0 unspecified atom stereocenters. The second-order valence-electron chi connectivity index (χ2n) is 9.91. The Bertz CT molecular complexity index is 1340. The van der Waals surface area contributed by atoms with Crippen molar-refractivity contribution >= 4 is 17.3 Å². The SMILES string of the molecule is Cc1cc(N(c2ccc(C(C)(C)C)cc2)c2cc(C)n(-c3ccccc3)n2)nn1-c1ccccc1. The van der Waals surface area contributed by atoms with Gasteiger partial charge in [0.2, 0.25) is 0 Å². The van der Waals surface area contributed by atoms with Gasteiger partial charge in [0.1, 0.15) is 0 Å². The van der Waals surface area contributed by atoms with E-state index in [2.05, 4.69) is 100 Å². The molecule has 0 aliphatic rings. The summed E-state index contributed by atoms with van der Waals surface area (Å²) in [5.41, 5.74) is 6.57. The molecule has 35 heavy (non-hydrogen) atoms. The lowest BCUT2D eigenvalue weighted by molar-refractivity contribution is 0.590. The predicted octanol–water partition coefficient (Wildman–Crippen LogP) is 7.44. The molecule has 2 aromatic heterocycles. The number of nitrogens with zero attached hydrogens (tertiary/aromatic N) is 5. The van der Waals surface area contributed by atoms with E-state index in [4.69, 9.17) is 10.2 Å². The van der Waals surface area contributed by atoms with Crippen molar-refractivity contribution in [2.45, 2.75) is 40.0 Å². The fourth-order valence-corrected chi connectivity index (χ4v) is 4.29. The van der Waals surface area contributed by atoms with Crippen LogP contribution in [0, 0.1) is 13.8 Å². The summed E-state index contributed by atoms with van der Waals surface area (Å²) in [6, 6.07) is 33.4. The summed E-state index contributed by atoms with van der Waals surface area (Å²) < 4.78 is 3.96. The normalized spacial score (nSPS) is 11.6. The van der Waals surface area contributed by atoms with Gasteiger partial charge < -0.3 is 0 Å². The zero-order valence-corrected chi connectivity index (χ0v) is 21.0. The van der Waals surface area contributed by atoms with Crippen LogP contribution in [0.3, 0.4) is 0 Å². The van der Waals surface area contributed by atoms with Crippen LogP contribution >= 0.6 is 0 Å². The van der Waals surface area contributed by atoms with E-state index >= 15 is 0 Å². The molecule has 0 saturated carbocycles. The molecule has 0 spiro atoms. The Balaban J connectivity index is 1.64. The Kier molecular flexibility index (Phi) is 5.77. The first kappa shape index (κ1) is 22.7. The molecule has 0 aliphatic carbocycles. The summed E-state index contributed by atoms with van der Waals surface area (Å²) in [7, 11) is 0. The average Bonchev–Trinajstić information content (AvgIpc) is 3.42. The lowest BCUT2D eigenvalue weighted by atomic mass is 9.87. The summed E-state index contributed by atoms with van der Waals surface area (Å²) in [5.74, 6) is 1.65. The molecule has 0 amide bonds. The lowest BCUT2D eigenvalue weighted by Gasteiger charge is -2.23. The summed E-state index contributed by atoms with van der Waals surface area (Å²) in [6.45, 7) is 10.9. The van der Waals surface area contributed by atoms with Gasteiger partial charge in [0.05, 0.1) is 11.4 Å². The maximum absolute atomic E-state index is 5.01. The summed E-state index contributed by atoms with van der Waals surface area (Å²) >= 11 is 0. The molecule has 0 saturated heterocycles. The van der Waals surface area contributed by atoms with Gasteiger partial charge in [-0.3, -0.25) is 4.90 Å². The van der Waals surface area contributed by atoms with Crippen LogP contribution in [0.25, 0.3) is 11.4 Å². The number of para-hydroxylation sites is 2. The monoisotopic (exact) mass is 461 g/mol. The molecule has 0 radical (unpaired) electrons. The van der Waals surface area contributed by atoms with Gasteiger partial charge in [-0.05, 0) is 61.2 Å². The Morgan fingerprint density at radius 2 is 1.03 bits per heavy atom. The van der Waals surface area contributed by atoms with Crippen LogP contribution in [-0.2, 0) is 5.41 Å². The summed E-state index contributed by atoms with van der Waals surface area (Å²) in [5, 5.41) is 10.0. The van der Waals surface area contributed by atoms with Crippen molar-refractivity contribution in [1.29, 1.82) is 0 Å². The van der Waals surface area contributed by atoms with Gasteiger partial charge in [0.15, 0.2) is 11.6 Å². The molecule has 0 aliphatic heterocycles. The smallest absolute Gasteiger partial charge is 0.161 e. The Labute approximate surface area is 207 Å². The van der Waals surface area contributed by atoms with E-state index in [1.165, 1.54) is 5.56 Å². The van der Waals surface area contributed by atoms with Crippen molar-refractivity contribution in [3.05, 3.63) is 114 Å². The molecule has 0 N–H and O–H groups in total. The fourth-order valence-electron chi connectivity index (χ4n) is 4.29. The highest BCUT2D eigenvalue weighted by atomic mass is 15.4. The zero-order valence-electron chi connectivity index (χ0n) is 21.0. The van der Waals surface area contributed by atoms with E-state index in [1.54, 1.807) is 0 Å². The third kappa shape index (κ3) is 4.50. The van der Waals surface area contributed by atoms with Crippen LogP contribution in [0.5, 0.6) is 0 Å².